The Kier molecular flexibility index (Phi) is 3.97. The Morgan fingerprint density at radius 2 is 1.72 bits per heavy atom. The van der Waals surface area contributed by atoms with Gasteiger partial charge in [-0.25, -0.2) is 4.79 Å². The van der Waals surface area contributed by atoms with Gasteiger partial charge in [-0.05, 0) is 17.7 Å². The molecule has 18 heavy (non-hydrogen) atoms. The van der Waals surface area contributed by atoms with E-state index in [0.717, 1.165) is 11.3 Å². The molecule has 3 nitrogen and oxygen atoms in total. The molecule has 0 amide bonds. The molecule has 0 aliphatic heterocycles. The van der Waals surface area contributed by atoms with Crippen molar-refractivity contribution in [2.24, 2.45) is 0 Å². The molecule has 0 radical (unpaired) electrons. The maximum atomic E-state index is 11.6. The van der Waals surface area contributed by atoms with Gasteiger partial charge in [-0.3, -0.25) is 0 Å². The largest absolute Gasteiger partial charge is 0.465 e. The van der Waals surface area contributed by atoms with Crippen molar-refractivity contribution >= 4 is 11.7 Å². The van der Waals surface area contributed by atoms with Crippen LogP contribution < -0.4 is 5.32 Å². The van der Waals surface area contributed by atoms with Crippen LogP contribution in [0.1, 0.15) is 15.9 Å². The molecule has 0 spiro atoms. The summed E-state index contributed by atoms with van der Waals surface area (Å²) in [5, 5.41) is 3.24. The number of anilines is 1. The minimum absolute atomic E-state index is 0.328. The number of esters is 1. The van der Waals surface area contributed by atoms with Crippen LogP contribution in [0.2, 0.25) is 0 Å². The monoisotopic (exact) mass is 241 g/mol. The molecule has 92 valence electrons. The van der Waals surface area contributed by atoms with Crippen LogP contribution in [0.4, 0.5) is 5.69 Å². The van der Waals surface area contributed by atoms with E-state index in [-0.39, 0.29) is 5.97 Å². The maximum absolute atomic E-state index is 11.6. The molecule has 0 aliphatic carbocycles. The summed E-state index contributed by atoms with van der Waals surface area (Å²) >= 11 is 0. The lowest BCUT2D eigenvalue weighted by Crippen LogP contribution is -2.08. The van der Waals surface area contributed by atoms with Gasteiger partial charge in [0.1, 0.15) is 0 Å². The van der Waals surface area contributed by atoms with E-state index in [9.17, 15) is 4.79 Å². The second kappa shape index (κ2) is 5.87. The summed E-state index contributed by atoms with van der Waals surface area (Å²) < 4.78 is 4.75. The normalized spacial score (nSPS) is 9.83. The van der Waals surface area contributed by atoms with E-state index >= 15 is 0 Å². The van der Waals surface area contributed by atoms with E-state index < -0.39 is 0 Å². The van der Waals surface area contributed by atoms with Crippen LogP contribution in [0.15, 0.2) is 54.6 Å². The number of benzene rings is 2. The molecular weight excluding hydrogens is 226 g/mol. The number of hydrogen-bond acceptors (Lipinski definition) is 3. The van der Waals surface area contributed by atoms with Gasteiger partial charge < -0.3 is 10.1 Å². The molecule has 2 aromatic carbocycles. The lowest BCUT2D eigenvalue weighted by Gasteiger charge is -2.10. The number of para-hydroxylation sites is 1. The Hall–Kier alpha value is -2.29. The van der Waals surface area contributed by atoms with Crippen LogP contribution in [-0.2, 0) is 11.3 Å². The molecule has 0 unspecified atom stereocenters. The summed E-state index contributed by atoms with van der Waals surface area (Å²) in [5.41, 5.74) is 2.50. The van der Waals surface area contributed by atoms with Crippen molar-refractivity contribution in [1.82, 2.24) is 0 Å². The van der Waals surface area contributed by atoms with E-state index in [1.807, 2.05) is 48.5 Å². The van der Waals surface area contributed by atoms with Gasteiger partial charge in [0.05, 0.1) is 12.7 Å². The fraction of sp³-hybridized carbons (Fsp3) is 0.133. The average molecular weight is 241 g/mol. The molecule has 0 heterocycles. The molecule has 0 bridgehead atoms. The number of carbonyl (C=O) groups is 1. The molecule has 2 aromatic rings. The van der Waals surface area contributed by atoms with E-state index in [4.69, 9.17) is 4.74 Å². The van der Waals surface area contributed by atoms with Crippen molar-refractivity contribution in [2.45, 2.75) is 6.54 Å². The molecule has 0 atom stereocenters. The molecule has 0 aliphatic rings. The zero-order valence-corrected chi connectivity index (χ0v) is 10.2. The van der Waals surface area contributed by atoms with E-state index in [0.29, 0.717) is 12.1 Å². The number of nitrogens with one attached hydrogen (secondary N) is 1. The van der Waals surface area contributed by atoms with Gasteiger partial charge in [0.25, 0.3) is 0 Å². The predicted octanol–water partition coefficient (Wildman–Crippen LogP) is 3.09. The zero-order chi connectivity index (χ0) is 12.8. The highest BCUT2D eigenvalue weighted by Gasteiger charge is 2.10. The summed E-state index contributed by atoms with van der Waals surface area (Å²) in [6, 6.07) is 17.4. The van der Waals surface area contributed by atoms with E-state index in [2.05, 4.69) is 5.32 Å². The van der Waals surface area contributed by atoms with E-state index in [1.165, 1.54) is 7.11 Å². The lowest BCUT2D eigenvalue weighted by atomic mass is 10.1. The number of methoxy groups -OCH3 is 1. The Labute approximate surface area is 106 Å². The summed E-state index contributed by atoms with van der Waals surface area (Å²) in [5.74, 6) is -0.328. The van der Waals surface area contributed by atoms with Gasteiger partial charge in [-0.2, -0.15) is 0 Å². The highest BCUT2D eigenvalue weighted by Crippen LogP contribution is 2.16. The first-order chi connectivity index (χ1) is 8.81. The highest BCUT2D eigenvalue weighted by atomic mass is 16.5. The molecule has 1 N–H and O–H groups in total. The molecule has 0 saturated heterocycles. The Balaban J connectivity index is 2.12. The molecule has 3 heteroatoms. The first-order valence-corrected chi connectivity index (χ1v) is 5.76. The number of carbonyl (C=O) groups excluding carboxylic acids is 1. The Morgan fingerprint density at radius 3 is 2.44 bits per heavy atom. The number of hydrogen-bond donors (Lipinski definition) is 1. The van der Waals surface area contributed by atoms with Crippen LogP contribution in [0.3, 0.4) is 0 Å². The van der Waals surface area contributed by atoms with Crippen molar-refractivity contribution in [3.8, 4) is 0 Å². The SMILES string of the molecule is COC(=O)c1ccccc1NCc1ccccc1. The van der Waals surface area contributed by atoms with Gasteiger partial charge in [0.15, 0.2) is 0 Å². The molecule has 0 aromatic heterocycles. The standard InChI is InChI=1S/C15H15NO2/c1-18-15(17)13-9-5-6-10-14(13)16-11-12-7-3-2-4-8-12/h2-10,16H,11H2,1H3. The quantitative estimate of drug-likeness (QED) is 0.836. The second-order valence-corrected chi connectivity index (χ2v) is 3.88. The third kappa shape index (κ3) is 2.88. The average Bonchev–Trinajstić information content (AvgIpc) is 2.45. The van der Waals surface area contributed by atoms with Crippen LogP contribution >= 0.6 is 0 Å². The van der Waals surface area contributed by atoms with Crippen LogP contribution in [0.25, 0.3) is 0 Å². The summed E-state index contributed by atoms with van der Waals surface area (Å²) in [7, 11) is 1.39. The van der Waals surface area contributed by atoms with Gasteiger partial charge in [-0.15, -0.1) is 0 Å². The summed E-state index contributed by atoms with van der Waals surface area (Å²) in [6.45, 7) is 0.675. The highest BCUT2D eigenvalue weighted by molar-refractivity contribution is 5.95. The van der Waals surface area contributed by atoms with Crippen LogP contribution in [0, 0.1) is 0 Å². The number of ether oxygens (including phenoxy) is 1. The van der Waals surface area contributed by atoms with Crippen molar-refractivity contribution < 1.29 is 9.53 Å². The van der Waals surface area contributed by atoms with Gasteiger partial charge in [0.2, 0.25) is 0 Å². The fourth-order valence-corrected chi connectivity index (χ4v) is 1.72. The first kappa shape index (κ1) is 12.2. The van der Waals surface area contributed by atoms with Gasteiger partial charge in [0, 0.05) is 12.2 Å². The third-order valence-corrected chi connectivity index (χ3v) is 2.66. The van der Waals surface area contributed by atoms with Crippen molar-refractivity contribution in [2.75, 3.05) is 12.4 Å². The molecule has 0 fully saturated rings. The Bertz CT molecular complexity index is 523. The minimum Gasteiger partial charge on any atom is -0.465 e. The topological polar surface area (TPSA) is 38.3 Å². The van der Waals surface area contributed by atoms with Gasteiger partial charge in [-0.1, -0.05) is 42.5 Å². The Morgan fingerprint density at radius 1 is 1.06 bits per heavy atom. The van der Waals surface area contributed by atoms with Crippen LogP contribution in [-0.4, -0.2) is 13.1 Å². The lowest BCUT2D eigenvalue weighted by molar-refractivity contribution is 0.0602. The minimum atomic E-state index is -0.328. The zero-order valence-electron chi connectivity index (χ0n) is 10.2. The van der Waals surface area contributed by atoms with Crippen molar-refractivity contribution in [3.05, 3.63) is 65.7 Å². The molecule has 0 saturated carbocycles. The second-order valence-electron chi connectivity index (χ2n) is 3.88. The van der Waals surface area contributed by atoms with Crippen molar-refractivity contribution in [3.63, 3.8) is 0 Å². The fourth-order valence-electron chi connectivity index (χ4n) is 1.72. The number of rotatable bonds is 4. The first-order valence-electron chi connectivity index (χ1n) is 5.76. The van der Waals surface area contributed by atoms with Crippen LogP contribution in [0.5, 0.6) is 0 Å². The molecular formula is C15H15NO2. The van der Waals surface area contributed by atoms with Gasteiger partial charge >= 0.3 is 5.97 Å². The summed E-state index contributed by atoms with van der Waals surface area (Å²) in [6.07, 6.45) is 0. The van der Waals surface area contributed by atoms with Crippen molar-refractivity contribution in [1.29, 1.82) is 0 Å². The maximum Gasteiger partial charge on any atom is 0.339 e. The summed E-state index contributed by atoms with van der Waals surface area (Å²) in [4.78, 5) is 11.6. The third-order valence-electron chi connectivity index (χ3n) is 2.66. The predicted molar refractivity (Wildman–Crippen MR) is 71.6 cm³/mol. The van der Waals surface area contributed by atoms with E-state index in [1.54, 1.807) is 6.07 Å². The smallest absolute Gasteiger partial charge is 0.339 e. The molecule has 2 rings (SSSR count).